The van der Waals surface area contributed by atoms with E-state index in [1.807, 2.05) is 0 Å². The van der Waals surface area contributed by atoms with Crippen molar-refractivity contribution in [3.63, 3.8) is 0 Å². The van der Waals surface area contributed by atoms with Gasteiger partial charge in [-0.2, -0.15) is 0 Å². The molecule has 0 aromatic heterocycles. The van der Waals surface area contributed by atoms with Crippen LogP contribution in [0.1, 0.15) is 19.3 Å². The molecule has 2 aliphatic heterocycles. The van der Waals surface area contributed by atoms with Gasteiger partial charge in [-0.15, -0.1) is 0 Å². The summed E-state index contributed by atoms with van der Waals surface area (Å²) in [5, 5.41) is 11.8. The Morgan fingerprint density at radius 2 is 2.10 bits per heavy atom. The van der Waals surface area contributed by atoms with Gasteiger partial charge in [-0.25, -0.2) is 18.0 Å². The van der Waals surface area contributed by atoms with Gasteiger partial charge in [-0.3, -0.25) is 0 Å². The summed E-state index contributed by atoms with van der Waals surface area (Å²) in [5.74, 6) is -1.02. The lowest BCUT2D eigenvalue weighted by atomic mass is 10.2. The third-order valence-corrected chi connectivity index (χ3v) is 5.75. The quantitative estimate of drug-likeness (QED) is 0.721. The van der Waals surface area contributed by atoms with Gasteiger partial charge in [0.2, 0.25) is 0 Å². The number of methoxy groups -OCH3 is 1. The zero-order valence-corrected chi connectivity index (χ0v) is 12.6. The summed E-state index contributed by atoms with van der Waals surface area (Å²) in [6.07, 6.45) is 1.02. The molecule has 21 heavy (non-hydrogen) atoms. The summed E-state index contributed by atoms with van der Waals surface area (Å²) in [6.45, 7) is 0.193. The van der Waals surface area contributed by atoms with Gasteiger partial charge >= 0.3 is 12.0 Å². The van der Waals surface area contributed by atoms with Crippen LogP contribution in [-0.2, 0) is 19.4 Å². The molecule has 0 saturated carbocycles. The molecule has 0 aromatic carbocycles. The third kappa shape index (κ3) is 3.85. The predicted octanol–water partition coefficient (Wildman–Crippen LogP) is -0.553. The molecule has 2 aliphatic rings. The second kappa shape index (κ2) is 6.18. The molecule has 2 saturated heterocycles. The molecule has 2 fully saturated rings. The number of sulfone groups is 1. The van der Waals surface area contributed by atoms with Crippen molar-refractivity contribution in [1.29, 1.82) is 0 Å². The van der Waals surface area contributed by atoms with Crippen LogP contribution in [0.2, 0.25) is 0 Å². The van der Waals surface area contributed by atoms with Crippen LogP contribution in [0.3, 0.4) is 0 Å². The van der Waals surface area contributed by atoms with Gasteiger partial charge in [-0.1, -0.05) is 0 Å². The topological polar surface area (TPSA) is 113 Å². The first-order valence-electron chi connectivity index (χ1n) is 6.85. The van der Waals surface area contributed by atoms with E-state index >= 15 is 0 Å². The maximum Gasteiger partial charge on any atom is 0.326 e. The van der Waals surface area contributed by atoms with Gasteiger partial charge in [0.25, 0.3) is 0 Å². The summed E-state index contributed by atoms with van der Waals surface area (Å²) in [4.78, 5) is 24.6. The van der Waals surface area contributed by atoms with Gasteiger partial charge in [0.1, 0.15) is 6.04 Å². The smallest absolute Gasteiger partial charge is 0.326 e. The van der Waals surface area contributed by atoms with Crippen molar-refractivity contribution in [2.75, 3.05) is 25.2 Å². The molecule has 0 radical (unpaired) electrons. The van der Waals surface area contributed by atoms with Crippen molar-refractivity contribution >= 4 is 21.8 Å². The van der Waals surface area contributed by atoms with Crippen molar-refractivity contribution in [2.45, 2.75) is 37.5 Å². The summed E-state index contributed by atoms with van der Waals surface area (Å²) < 4.78 is 28.2. The molecule has 0 aromatic rings. The fourth-order valence-corrected chi connectivity index (χ4v) is 4.46. The van der Waals surface area contributed by atoms with E-state index in [1.165, 1.54) is 12.0 Å². The number of ether oxygens (including phenoxy) is 1. The number of carbonyl (C=O) groups is 2. The van der Waals surface area contributed by atoms with Crippen LogP contribution in [0.4, 0.5) is 4.79 Å². The van der Waals surface area contributed by atoms with Gasteiger partial charge in [-0.05, 0) is 12.8 Å². The standard InChI is InChI=1S/C12H20N2O6S/c1-20-9-5-10(11(15)16)14(6-9)12(17)13-8-3-2-4-21(18,19)7-8/h8-10H,2-7H2,1H3,(H,13,17)(H,15,16). The first kappa shape index (κ1) is 16.0. The molecule has 3 unspecified atom stereocenters. The summed E-state index contributed by atoms with van der Waals surface area (Å²) in [6, 6.07) is -1.92. The average molecular weight is 320 g/mol. The van der Waals surface area contributed by atoms with E-state index < -0.39 is 33.9 Å². The molecule has 120 valence electrons. The van der Waals surface area contributed by atoms with Crippen molar-refractivity contribution in [2.24, 2.45) is 0 Å². The van der Waals surface area contributed by atoms with Gasteiger partial charge in [0.05, 0.1) is 17.6 Å². The summed E-state index contributed by atoms with van der Waals surface area (Å²) >= 11 is 0. The molecule has 2 N–H and O–H groups in total. The van der Waals surface area contributed by atoms with Crippen LogP contribution in [0.5, 0.6) is 0 Å². The number of carbonyl (C=O) groups excluding carboxylic acids is 1. The predicted molar refractivity (Wildman–Crippen MR) is 73.8 cm³/mol. The largest absolute Gasteiger partial charge is 0.480 e. The Hall–Kier alpha value is -1.35. The number of carboxylic acids is 1. The van der Waals surface area contributed by atoms with E-state index in [1.54, 1.807) is 0 Å². The molecule has 2 rings (SSSR count). The number of hydrogen-bond donors (Lipinski definition) is 2. The maximum absolute atomic E-state index is 12.2. The second-order valence-corrected chi connectivity index (χ2v) is 7.73. The summed E-state index contributed by atoms with van der Waals surface area (Å²) in [5.41, 5.74) is 0. The molecule has 2 amide bonds. The number of hydrogen-bond acceptors (Lipinski definition) is 5. The SMILES string of the molecule is COC1CC(C(=O)O)N(C(=O)NC2CCCS(=O)(=O)C2)C1. The number of nitrogens with zero attached hydrogens (tertiary/aromatic N) is 1. The van der Waals surface area contributed by atoms with E-state index in [4.69, 9.17) is 9.84 Å². The van der Waals surface area contributed by atoms with Crippen LogP contribution >= 0.6 is 0 Å². The molecule has 2 heterocycles. The normalized spacial score (nSPS) is 31.9. The zero-order valence-electron chi connectivity index (χ0n) is 11.8. The Bertz CT molecular complexity index is 520. The Balaban J connectivity index is 2.00. The van der Waals surface area contributed by atoms with E-state index in [2.05, 4.69) is 5.32 Å². The number of aliphatic carboxylic acids is 1. The first-order valence-corrected chi connectivity index (χ1v) is 8.67. The van der Waals surface area contributed by atoms with Gasteiger partial charge < -0.3 is 20.1 Å². The van der Waals surface area contributed by atoms with Crippen LogP contribution < -0.4 is 5.32 Å². The number of carboxylic acid groups (broad SMARTS) is 1. The molecular weight excluding hydrogens is 300 g/mol. The molecule has 0 aliphatic carbocycles. The lowest BCUT2D eigenvalue weighted by Crippen LogP contribution is -2.51. The van der Waals surface area contributed by atoms with Crippen LogP contribution in [0.15, 0.2) is 0 Å². The fourth-order valence-electron chi connectivity index (χ4n) is 2.82. The highest BCUT2D eigenvalue weighted by Gasteiger charge is 2.40. The average Bonchev–Trinajstić information content (AvgIpc) is 2.81. The first-order chi connectivity index (χ1) is 9.82. The van der Waals surface area contributed by atoms with Gasteiger partial charge in [0.15, 0.2) is 9.84 Å². The highest BCUT2D eigenvalue weighted by Crippen LogP contribution is 2.21. The number of urea groups is 1. The second-order valence-electron chi connectivity index (χ2n) is 5.50. The van der Waals surface area contributed by atoms with E-state index in [-0.39, 0.29) is 30.6 Å². The molecule has 0 spiro atoms. The van der Waals surface area contributed by atoms with E-state index in [0.717, 1.165) is 0 Å². The van der Waals surface area contributed by atoms with E-state index in [9.17, 15) is 18.0 Å². The maximum atomic E-state index is 12.2. The Morgan fingerprint density at radius 1 is 1.38 bits per heavy atom. The van der Waals surface area contributed by atoms with Gasteiger partial charge in [0, 0.05) is 26.1 Å². The molecular formula is C12H20N2O6S. The Labute approximate surface area is 123 Å². The summed E-state index contributed by atoms with van der Waals surface area (Å²) in [7, 11) is -1.65. The molecule has 0 bridgehead atoms. The van der Waals surface area contributed by atoms with Crippen molar-refractivity contribution in [1.82, 2.24) is 10.2 Å². The van der Waals surface area contributed by atoms with Crippen molar-refractivity contribution in [3.05, 3.63) is 0 Å². The highest BCUT2D eigenvalue weighted by molar-refractivity contribution is 7.91. The highest BCUT2D eigenvalue weighted by atomic mass is 32.2. The lowest BCUT2D eigenvalue weighted by Gasteiger charge is -2.27. The number of nitrogens with one attached hydrogen (secondary N) is 1. The molecule has 8 nitrogen and oxygen atoms in total. The zero-order chi connectivity index (χ0) is 15.6. The number of rotatable bonds is 3. The van der Waals surface area contributed by atoms with Crippen LogP contribution in [0.25, 0.3) is 0 Å². The minimum absolute atomic E-state index is 0.0853. The Kier molecular flexibility index (Phi) is 4.72. The van der Waals surface area contributed by atoms with Crippen LogP contribution in [-0.4, -0.2) is 73.8 Å². The fraction of sp³-hybridized carbons (Fsp3) is 0.833. The lowest BCUT2D eigenvalue weighted by molar-refractivity contribution is -0.141. The number of likely N-dealkylation sites (tertiary alicyclic amines) is 1. The minimum Gasteiger partial charge on any atom is -0.480 e. The third-order valence-electron chi connectivity index (χ3n) is 3.93. The van der Waals surface area contributed by atoms with Crippen molar-refractivity contribution < 1.29 is 27.9 Å². The number of amides is 2. The van der Waals surface area contributed by atoms with E-state index in [0.29, 0.717) is 12.8 Å². The van der Waals surface area contributed by atoms with Crippen LogP contribution in [0, 0.1) is 0 Å². The monoisotopic (exact) mass is 320 g/mol. The van der Waals surface area contributed by atoms with Crippen molar-refractivity contribution in [3.8, 4) is 0 Å². The Morgan fingerprint density at radius 3 is 2.67 bits per heavy atom. The molecule has 9 heteroatoms. The molecule has 3 atom stereocenters. The minimum atomic E-state index is -3.12.